The van der Waals surface area contributed by atoms with Crippen LogP contribution in [0.25, 0.3) is 0 Å². The Morgan fingerprint density at radius 1 is 0.938 bits per heavy atom. The number of hydrogen-bond donors (Lipinski definition) is 2. The molecule has 166 valence electrons. The molecule has 0 aromatic heterocycles. The number of benzene rings is 3. The Balaban J connectivity index is 1.80. The van der Waals surface area contributed by atoms with Crippen LogP contribution in [-0.4, -0.2) is 29.8 Å². The number of anilines is 1. The number of nitrogens with zero attached hydrogens (tertiary/aromatic N) is 1. The Hall–Kier alpha value is -3.29. The van der Waals surface area contributed by atoms with Gasteiger partial charge in [-0.1, -0.05) is 17.7 Å². The first kappa shape index (κ1) is 23.4. The molecule has 0 spiro atoms. The molecule has 0 radical (unpaired) electrons. The summed E-state index contributed by atoms with van der Waals surface area (Å²) in [4.78, 5) is 26.9. The highest BCUT2D eigenvalue weighted by Crippen LogP contribution is 2.24. The van der Waals surface area contributed by atoms with Crippen LogP contribution in [0.3, 0.4) is 0 Å². The number of carbonyl (C=O) groups is 2. The van der Waals surface area contributed by atoms with E-state index in [-0.39, 0.29) is 18.0 Å². The molecule has 0 atom stereocenters. The van der Waals surface area contributed by atoms with Crippen molar-refractivity contribution in [2.75, 3.05) is 18.4 Å². The fourth-order valence-corrected chi connectivity index (χ4v) is 3.30. The average Bonchev–Trinajstić information content (AvgIpc) is 2.78. The number of nitrogens with one attached hydrogen (secondary N) is 1. The minimum Gasteiger partial charge on any atom is -0.334 e. The van der Waals surface area contributed by atoms with Gasteiger partial charge in [-0.3, -0.25) is 9.59 Å². The van der Waals surface area contributed by atoms with Crippen molar-refractivity contribution in [2.24, 2.45) is 5.73 Å². The number of carbonyl (C=O) groups excluding carboxylic acids is 2. The van der Waals surface area contributed by atoms with Crippen LogP contribution in [0.15, 0.2) is 66.7 Å². The molecule has 2 amide bonds. The second-order valence-electron chi connectivity index (χ2n) is 7.15. The maximum Gasteiger partial charge on any atom is 0.255 e. The third kappa shape index (κ3) is 6.12. The highest BCUT2D eigenvalue weighted by atomic mass is 35.5. The summed E-state index contributed by atoms with van der Waals surface area (Å²) in [7, 11) is 0. The normalized spacial score (nSPS) is 10.6. The van der Waals surface area contributed by atoms with Gasteiger partial charge in [0.25, 0.3) is 11.8 Å². The lowest BCUT2D eigenvalue weighted by Gasteiger charge is -2.24. The summed E-state index contributed by atoms with van der Waals surface area (Å²) in [6, 6.07) is 15.6. The molecule has 0 fully saturated rings. The molecule has 0 aliphatic carbocycles. The van der Waals surface area contributed by atoms with E-state index in [1.54, 1.807) is 24.3 Å². The molecule has 0 aliphatic heterocycles. The van der Waals surface area contributed by atoms with Crippen LogP contribution in [0, 0.1) is 11.6 Å². The quantitative estimate of drug-likeness (QED) is 0.507. The highest BCUT2D eigenvalue weighted by molar-refractivity contribution is 6.31. The monoisotopic (exact) mass is 457 g/mol. The Morgan fingerprint density at radius 3 is 2.38 bits per heavy atom. The molecule has 3 aromatic rings. The van der Waals surface area contributed by atoms with Crippen molar-refractivity contribution < 1.29 is 18.4 Å². The van der Waals surface area contributed by atoms with E-state index in [4.69, 9.17) is 17.3 Å². The van der Waals surface area contributed by atoms with E-state index in [0.29, 0.717) is 41.3 Å². The fourth-order valence-electron chi connectivity index (χ4n) is 3.12. The zero-order valence-corrected chi connectivity index (χ0v) is 17.9. The number of hydrogen-bond acceptors (Lipinski definition) is 3. The molecule has 0 saturated heterocycles. The Kier molecular flexibility index (Phi) is 7.92. The smallest absolute Gasteiger partial charge is 0.255 e. The van der Waals surface area contributed by atoms with Gasteiger partial charge in [0.05, 0.1) is 0 Å². The molecule has 3 aromatic carbocycles. The van der Waals surface area contributed by atoms with Gasteiger partial charge in [0.15, 0.2) is 0 Å². The summed E-state index contributed by atoms with van der Waals surface area (Å²) < 4.78 is 26.7. The van der Waals surface area contributed by atoms with Crippen LogP contribution in [-0.2, 0) is 6.54 Å². The third-order valence-electron chi connectivity index (χ3n) is 4.76. The van der Waals surface area contributed by atoms with Crippen molar-refractivity contribution in [2.45, 2.75) is 13.0 Å². The lowest BCUT2D eigenvalue weighted by molar-refractivity contribution is 0.0741. The van der Waals surface area contributed by atoms with Crippen molar-refractivity contribution in [3.63, 3.8) is 0 Å². The minimum atomic E-state index is -0.502. The standard InChI is InChI=1S/C24H22ClF2N3O2/c25-22-10-9-21(29-23(31)16-5-7-19(26)8-6-16)14-18(22)15-30(12-2-11-28)24(32)17-3-1-4-20(27)13-17/h1,3-10,13-14H,2,11-12,15,28H2,(H,29,31). The zero-order chi connectivity index (χ0) is 23.1. The van der Waals surface area contributed by atoms with E-state index in [2.05, 4.69) is 5.32 Å². The number of halogens is 3. The molecule has 0 saturated carbocycles. The summed E-state index contributed by atoms with van der Waals surface area (Å²) in [5.74, 6) is -1.70. The number of amides is 2. The van der Waals surface area contributed by atoms with Gasteiger partial charge in [-0.25, -0.2) is 8.78 Å². The fraction of sp³-hybridized carbons (Fsp3) is 0.167. The van der Waals surface area contributed by atoms with E-state index in [1.165, 1.54) is 47.4 Å². The molecule has 0 heterocycles. The van der Waals surface area contributed by atoms with E-state index >= 15 is 0 Å². The Bertz CT molecular complexity index is 1110. The van der Waals surface area contributed by atoms with Gasteiger partial charge in [0.2, 0.25) is 0 Å². The summed E-state index contributed by atoms with van der Waals surface area (Å²) in [5, 5.41) is 3.15. The second kappa shape index (κ2) is 10.8. The first-order valence-electron chi connectivity index (χ1n) is 9.97. The van der Waals surface area contributed by atoms with Gasteiger partial charge in [0.1, 0.15) is 11.6 Å². The molecule has 5 nitrogen and oxygen atoms in total. The van der Waals surface area contributed by atoms with Crippen molar-refractivity contribution in [1.82, 2.24) is 4.90 Å². The number of nitrogens with two attached hydrogens (primary N) is 1. The van der Waals surface area contributed by atoms with Crippen molar-refractivity contribution >= 4 is 29.1 Å². The molecule has 0 bridgehead atoms. The molecular formula is C24H22ClF2N3O2. The van der Waals surface area contributed by atoms with Crippen LogP contribution in [0.2, 0.25) is 5.02 Å². The topological polar surface area (TPSA) is 75.4 Å². The summed E-state index contributed by atoms with van der Waals surface area (Å²) in [5.41, 5.74) is 7.20. The maximum atomic E-state index is 13.6. The largest absolute Gasteiger partial charge is 0.334 e. The molecule has 3 N–H and O–H groups in total. The van der Waals surface area contributed by atoms with Crippen LogP contribution in [0.4, 0.5) is 14.5 Å². The molecule has 0 unspecified atom stereocenters. The summed E-state index contributed by atoms with van der Waals surface area (Å²) in [6.45, 7) is 0.886. The second-order valence-corrected chi connectivity index (χ2v) is 7.55. The summed E-state index contributed by atoms with van der Waals surface area (Å²) in [6.07, 6.45) is 0.555. The molecule has 3 rings (SSSR count). The van der Waals surface area contributed by atoms with E-state index in [0.717, 1.165) is 0 Å². The predicted octanol–water partition coefficient (Wildman–Crippen LogP) is 4.86. The Labute approximate surface area is 189 Å². The maximum absolute atomic E-state index is 13.6. The highest BCUT2D eigenvalue weighted by Gasteiger charge is 2.18. The van der Waals surface area contributed by atoms with Gasteiger partial charge in [-0.05, 0) is 79.2 Å². The van der Waals surface area contributed by atoms with Gasteiger partial charge < -0.3 is 16.0 Å². The van der Waals surface area contributed by atoms with Crippen LogP contribution in [0.1, 0.15) is 32.7 Å². The van der Waals surface area contributed by atoms with E-state index < -0.39 is 17.5 Å². The number of rotatable bonds is 8. The zero-order valence-electron chi connectivity index (χ0n) is 17.2. The Morgan fingerprint density at radius 2 is 1.69 bits per heavy atom. The van der Waals surface area contributed by atoms with Crippen molar-refractivity contribution in [3.8, 4) is 0 Å². The third-order valence-corrected chi connectivity index (χ3v) is 5.13. The molecule has 0 aliphatic rings. The van der Waals surface area contributed by atoms with Crippen molar-refractivity contribution in [3.05, 3.63) is 100 Å². The molecular weight excluding hydrogens is 436 g/mol. The van der Waals surface area contributed by atoms with Gasteiger partial charge in [-0.2, -0.15) is 0 Å². The van der Waals surface area contributed by atoms with Crippen LogP contribution >= 0.6 is 11.6 Å². The SMILES string of the molecule is NCCCN(Cc1cc(NC(=O)c2ccc(F)cc2)ccc1Cl)C(=O)c1cccc(F)c1. The van der Waals surface area contributed by atoms with Crippen LogP contribution in [0.5, 0.6) is 0 Å². The average molecular weight is 458 g/mol. The lowest BCUT2D eigenvalue weighted by atomic mass is 10.1. The lowest BCUT2D eigenvalue weighted by Crippen LogP contribution is -2.32. The predicted molar refractivity (Wildman–Crippen MR) is 121 cm³/mol. The minimum absolute atomic E-state index is 0.147. The van der Waals surface area contributed by atoms with E-state index in [9.17, 15) is 18.4 Å². The molecule has 32 heavy (non-hydrogen) atoms. The summed E-state index contributed by atoms with van der Waals surface area (Å²) >= 11 is 6.34. The van der Waals surface area contributed by atoms with Gasteiger partial charge >= 0.3 is 0 Å². The van der Waals surface area contributed by atoms with Crippen LogP contribution < -0.4 is 11.1 Å². The first-order chi connectivity index (χ1) is 15.4. The van der Waals surface area contributed by atoms with Gasteiger partial charge in [0, 0.05) is 34.9 Å². The van der Waals surface area contributed by atoms with Crippen molar-refractivity contribution in [1.29, 1.82) is 0 Å². The molecule has 8 heteroatoms. The van der Waals surface area contributed by atoms with E-state index in [1.807, 2.05) is 0 Å². The first-order valence-corrected chi connectivity index (χ1v) is 10.4. The van der Waals surface area contributed by atoms with Gasteiger partial charge in [-0.15, -0.1) is 0 Å².